The lowest BCUT2D eigenvalue weighted by Crippen LogP contribution is -2.42. The average molecular weight is 384 g/mol. The molecule has 0 N–H and O–H groups in total. The molecule has 4 rings (SSSR count). The number of hydrogen-bond acceptors (Lipinski definition) is 2. The molecule has 6 heteroatoms. The summed E-state index contributed by atoms with van der Waals surface area (Å²) in [5, 5.41) is 0. The number of nitrogens with zero attached hydrogens (tertiary/aromatic N) is 2. The van der Waals surface area contributed by atoms with Crippen molar-refractivity contribution in [1.29, 1.82) is 0 Å². The van der Waals surface area contributed by atoms with Crippen LogP contribution < -0.4 is 0 Å². The summed E-state index contributed by atoms with van der Waals surface area (Å²) in [5.74, 6) is -1.15. The van der Waals surface area contributed by atoms with Gasteiger partial charge in [0.1, 0.15) is 11.6 Å². The monoisotopic (exact) mass is 384 g/mol. The minimum absolute atomic E-state index is 0.0410. The maximum Gasteiger partial charge on any atom is 0.256 e. The molecule has 28 heavy (non-hydrogen) atoms. The Kier molecular flexibility index (Phi) is 4.87. The van der Waals surface area contributed by atoms with Crippen molar-refractivity contribution in [2.45, 2.75) is 24.7 Å². The molecule has 0 radical (unpaired) electrons. The van der Waals surface area contributed by atoms with Crippen LogP contribution in [0.4, 0.5) is 8.78 Å². The van der Waals surface area contributed by atoms with Gasteiger partial charge < -0.3 is 9.80 Å². The average Bonchev–Trinajstić information content (AvgIpc) is 3.52. The van der Waals surface area contributed by atoms with E-state index >= 15 is 0 Å². The van der Waals surface area contributed by atoms with Crippen molar-refractivity contribution >= 4 is 11.8 Å². The maximum atomic E-state index is 13.9. The van der Waals surface area contributed by atoms with Gasteiger partial charge in [-0.25, -0.2) is 8.78 Å². The fraction of sp³-hybridized carbons (Fsp3) is 0.364. The minimum atomic E-state index is -0.557. The summed E-state index contributed by atoms with van der Waals surface area (Å²) in [6, 6.07) is 12.1. The van der Waals surface area contributed by atoms with Gasteiger partial charge in [-0.15, -0.1) is 0 Å². The smallest absolute Gasteiger partial charge is 0.256 e. The van der Waals surface area contributed by atoms with Crippen molar-refractivity contribution in [3.63, 3.8) is 0 Å². The highest BCUT2D eigenvalue weighted by atomic mass is 19.1. The van der Waals surface area contributed by atoms with Crippen LogP contribution in [0.15, 0.2) is 48.5 Å². The molecule has 146 valence electrons. The molecule has 0 atom stereocenters. The summed E-state index contributed by atoms with van der Waals surface area (Å²) in [5.41, 5.74) is 0.355. The van der Waals surface area contributed by atoms with Gasteiger partial charge in [-0.3, -0.25) is 9.59 Å². The summed E-state index contributed by atoms with van der Waals surface area (Å²) >= 11 is 0. The van der Waals surface area contributed by atoms with Gasteiger partial charge in [-0.1, -0.05) is 24.3 Å². The number of rotatable bonds is 3. The molecular weight excluding hydrogens is 362 g/mol. The van der Waals surface area contributed by atoms with Crippen LogP contribution in [0.25, 0.3) is 0 Å². The summed E-state index contributed by atoms with van der Waals surface area (Å²) < 4.78 is 27.2. The van der Waals surface area contributed by atoms with E-state index in [4.69, 9.17) is 0 Å². The summed E-state index contributed by atoms with van der Waals surface area (Å²) in [6.07, 6.45) is 2.16. The SMILES string of the molecule is O=C(c1ccccc1F)N1CCCN(C(=O)C2(c3ccc(F)cc3)CC2)CC1. The largest absolute Gasteiger partial charge is 0.340 e. The molecule has 4 nitrogen and oxygen atoms in total. The zero-order valence-corrected chi connectivity index (χ0v) is 15.5. The first-order valence-corrected chi connectivity index (χ1v) is 9.60. The van der Waals surface area contributed by atoms with E-state index in [1.807, 2.05) is 0 Å². The summed E-state index contributed by atoms with van der Waals surface area (Å²) in [6.45, 7) is 1.84. The number of carbonyl (C=O) groups is 2. The molecule has 1 heterocycles. The summed E-state index contributed by atoms with van der Waals surface area (Å²) in [7, 11) is 0. The van der Waals surface area contributed by atoms with Crippen molar-refractivity contribution in [2.75, 3.05) is 26.2 Å². The fourth-order valence-corrected chi connectivity index (χ4v) is 3.95. The highest BCUT2D eigenvalue weighted by molar-refractivity contribution is 5.95. The van der Waals surface area contributed by atoms with E-state index in [2.05, 4.69) is 0 Å². The molecule has 2 aliphatic rings. The van der Waals surface area contributed by atoms with Crippen molar-refractivity contribution in [2.24, 2.45) is 0 Å². The lowest BCUT2D eigenvalue weighted by Gasteiger charge is -2.26. The second kappa shape index (κ2) is 7.34. The molecule has 2 aromatic carbocycles. The van der Waals surface area contributed by atoms with Crippen molar-refractivity contribution in [3.8, 4) is 0 Å². The Morgan fingerprint density at radius 1 is 0.821 bits per heavy atom. The molecule has 2 aromatic rings. The normalized spacial score (nSPS) is 18.5. The zero-order valence-electron chi connectivity index (χ0n) is 15.5. The molecule has 0 spiro atoms. The van der Waals surface area contributed by atoms with Crippen molar-refractivity contribution in [1.82, 2.24) is 9.80 Å². The van der Waals surface area contributed by atoms with Crippen molar-refractivity contribution in [3.05, 3.63) is 71.3 Å². The van der Waals surface area contributed by atoms with Gasteiger partial charge in [0, 0.05) is 26.2 Å². The Balaban J connectivity index is 1.45. The van der Waals surface area contributed by atoms with Crippen LogP contribution >= 0.6 is 0 Å². The van der Waals surface area contributed by atoms with Crippen LogP contribution in [0, 0.1) is 11.6 Å². The third-order valence-electron chi connectivity index (χ3n) is 5.73. The molecule has 0 aromatic heterocycles. The molecule has 2 amide bonds. The van der Waals surface area contributed by atoms with Crippen LogP contribution in [0.3, 0.4) is 0 Å². The molecule has 0 unspecified atom stereocenters. The molecule has 1 saturated carbocycles. The fourth-order valence-electron chi connectivity index (χ4n) is 3.95. The second-order valence-corrected chi connectivity index (χ2v) is 7.51. The van der Waals surface area contributed by atoms with Gasteiger partial charge in [0.2, 0.25) is 5.91 Å². The quantitative estimate of drug-likeness (QED) is 0.814. The predicted molar refractivity (Wildman–Crippen MR) is 101 cm³/mol. The van der Waals surface area contributed by atoms with Gasteiger partial charge in [-0.2, -0.15) is 0 Å². The Morgan fingerprint density at radius 2 is 1.46 bits per heavy atom. The first-order chi connectivity index (χ1) is 13.5. The van der Waals surface area contributed by atoms with Gasteiger partial charge in [0.05, 0.1) is 11.0 Å². The van der Waals surface area contributed by atoms with Crippen LogP contribution in [0.1, 0.15) is 35.2 Å². The van der Waals surface area contributed by atoms with E-state index in [1.54, 1.807) is 34.1 Å². The van der Waals surface area contributed by atoms with E-state index in [0.717, 1.165) is 18.4 Å². The zero-order chi connectivity index (χ0) is 19.7. The van der Waals surface area contributed by atoms with E-state index < -0.39 is 11.2 Å². The highest BCUT2D eigenvalue weighted by Crippen LogP contribution is 2.49. The van der Waals surface area contributed by atoms with E-state index in [9.17, 15) is 18.4 Å². The highest BCUT2D eigenvalue weighted by Gasteiger charge is 2.53. The third kappa shape index (κ3) is 3.39. The Hall–Kier alpha value is -2.76. The number of amides is 2. The van der Waals surface area contributed by atoms with Crippen LogP contribution in [-0.4, -0.2) is 47.8 Å². The molecule has 1 aliphatic carbocycles. The molecular formula is C22H22F2N2O2. The number of hydrogen-bond donors (Lipinski definition) is 0. The van der Waals surface area contributed by atoms with E-state index in [-0.39, 0.29) is 23.2 Å². The first-order valence-electron chi connectivity index (χ1n) is 9.60. The maximum absolute atomic E-state index is 13.9. The molecule has 1 aliphatic heterocycles. The third-order valence-corrected chi connectivity index (χ3v) is 5.73. The lowest BCUT2D eigenvalue weighted by atomic mass is 9.94. The van der Waals surface area contributed by atoms with Gasteiger partial charge in [0.25, 0.3) is 5.91 Å². The predicted octanol–water partition coefficient (Wildman–Crippen LogP) is 3.37. The Morgan fingerprint density at radius 3 is 2.14 bits per heavy atom. The van der Waals surface area contributed by atoms with Crippen molar-refractivity contribution < 1.29 is 18.4 Å². The van der Waals surface area contributed by atoms with Crippen LogP contribution in [-0.2, 0) is 10.2 Å². The number of halogens is 2. The van der Waals surface area contributed by atoms with Gasteiger partial charge in [-0.05, 0) is 49.1 Å². The Bertz CT molecular complexity index is 894. The number of benzene rings is 2. The molecule has 2 fully saturated rings. The molecule has 0 bridgehead atoms. The van der Waals surface area contributed by atoms with E-state index in [0.29, 0.717) is 32.6 Å². The Labute approximate surface area is 162 Å². The minimum Gasteiger partial charge on any atom is -0.340 e. The summed E-state index contributed by atoms with van der Waals surface area (Å²) in [4.78, 5) is 29.3. The number of carbonyl (C=O) groups excluding carboxylic acids is 2. The van der Waals surface area contributed by atoms with E-state index in [1.165, 1.54) is 24.3 Å². The van der Waals surface area contributed by atoms with Crippen LogP contribution in [0.5, 0.6) is 0 Å². The molecule has 1 saturated heterocycles. The lowest BCUT2D eigenvalue weighted by molar-refractivity contribution is -0.133. The van der Waals surface area contributed by atoms with Crippen LogP contribution in [0.2, 0.25) is 0 Å². The topological polar surface area (TPSA) is 40.6 Å². The second-order valence-electron chi connectivity index (χ2n) is 7.51. The standard InChI is InChI=1S/C22H22F2N2O2/c23-17-8-6-16(7-9-17)22(10-11-22)21(28)26-13-3-12-25(14-15-26)20(27)18-4-1-2-5-19(18)24/h1-2,4-9H,3,10-15H2. The first kappa shape index (κ1) is 18.6. The van der Waals surface area contributed by atoms with Gasteiger partial charge >= 0.3 is 0 Å². The van der Waals surface area contributed by atoms with Gasteiger partial charge in [0.15, 0.2) is 0 Å².